The maximum Gasteiger partial charge on any atom is 0.0131 e. The summed E-state index contributed by atoms with van der Waals surface area (Å²) < 4.78 is 0. The van der Waals surface area contributed by atoms with Crippen LogP contribution in [0.25, 0.3) is 0 Å². The van der Waals surface area contributed by atoms with Crippen LogP contribution in [0.4, 0.5) is 0 Å². The SMILES string of the molecule is CN1CCC(CN(C)CC2CCCC(C)(C)C2N)CC1. The van der Waals surface area contributed by atoms with Gasteiger partial charge < -0.3 is 15.5 Å². The molecule has 2 fully saturated rings. The topological polar surface area (TPSA) is 32.5 Å². The molecule has 1 aliphatic heterocycles. The minimum absolute atomic E-state index is 0.331. The first kappa shape index (κ1) is 16.3. The van der Waals surface area contributed by atoms with Crippen molar-refractivity contribution >= 4 is 0 Å². The van der Waals surface area contributed by atoms with E-state index in [1.165, 1.54) is 58.3 Å². The lowest BCUT2D eigenvalue weighted by Crippen LogP contribution is -2.50. The predicted octanol–water partition coefficient (Wildman–Crippen LogP) is 2.41. The molecule has 0 radical (unpaired) electrons. The van der Waals surface area contributed by atoms with Gasteiger partial charge in [0.25, 0.3) is 0 Å². The maximum absolute atomic E-state index is 6.52. The third kappa shape index (κ3) is 4.19. The fourth-order valence-electron chi connectivity index (χ4n) is 4.17. The molecule has 3 heteroatoms. The second kappa shape index (κ2) is 6.76. The lowest BCUT2D eigenvalue weighted by molar-refractivity contribution is 0.0981. The zero-order valence-corrected chi connectivity index (χ0v) is 14.1. The van der Waals surface area contributed by atoms with Crippen molar-refractivity contribution < 1.29 is 0 Å². The zero-order chi connectivity index (χ0) is 14.8. The Labute approximate surface area is 125 Å². The van der Waals surface area contributed by atoms with Crippen LogP contribution in [0.3, 0.4) is 0 Å². The van der Waals surface area contributed by atoms with E-state index in [1.54, 1.807) is 0 Å². The van der Waals surface area contributed by atoms with Crippen LogP contribution in [-0.4, -0.2) is 56.1 Å². The van der Waals surface area contributed by atoms with E-state index >= 15 is 0 Å². The summed E-state index contributed by atoms with van der Waals surface area (Å²) in [6.45, 7) is 9.69. The van der Waals surface area contributed by atoms with Crippen molar-refractivity contribution in [2.45, 2.75) is 52.0 Å². The van der Waals surface area contributed by atoms with Crippen LogP contribution in [0.1, 0.15) is 46.0 Å². The molecular weight excluding hydrogens is 246 g/mol. The first-order valence-electron chi connectivity index (χ1n) is 8.51. The van der Waals surface area contributed by atoms with Crippen molar-refractivity contribution in [2.24, 2.45) is 23.0 Å². The third-order valence-corrected chi connectivity index (χ3v) is 5.76. The lowest BCUT2D eigenvalue weighted by Gasteiger charge is -2.43. The molecule has 0 aromatic carbocycles. The van der Waals surface area contributed by atoms with E-state index < -0.39 is 0 Å². The first-order chi connectivity index (χ1) is 9.38. The normalized spacial score (nSPS) is 32.7. The van der Waals surface area contributed by atoms with E-state index in [1.807, 2.05) is 0 Å². The molecular formula is C17H35N3. The Kier molecular flexibility index (Phi) is 5.49. The Balaban J connectivity index is 1.77. The van der Waals surface area contributed by atoms with Gasteiger partial charge in [-0.05, 0) is 70.1 Å². The van der Waals surface area contributed by atoms with Gasteiger partial charge in [-0.2, -0.15) is 0 Å². The van der Waals surface area contributed by atoms with Crippen molar-refractivity contribution in [2.75, 3.05) is 40.3 Å². The van der Waals surface area contributed by atoms with Crippen LogP contribution in [0.5, 0.6) is 0 Å². The number of likely N-dealkylation sites (tertiary alicyclic amines) is 1. The Morgan fingerprint density at radius 2 is 1.80 bits per heavy atom. The lowest BCUT2D eigenvalue weighted by atomic mass is 9.68. The molecule has 3 nitrogen and oxygen atoms in total. The van der Waals surface area contributed by atoms with E-state index in [-0.39, 0.29) is 0 Å². The molecule has 2 unspecified atom stereocenters. The molecule has 0 bridgehead atoms. The highest BCUT2D eigenvalue weighted by Crippen LogP contribution is 2.38. The van der Waals surface area contributed by atoms with Crippen molar-refractivity contribution in [3.8, 4) is 0 Å². The second-order valence-corrected chi connectivity index (χ2v) is 8.13. The first-order valence-corrected chi connectivity index (χ1v) is 8.51. The van der Waals surface area contributed by atoms with Gasteiger partial charge >= 0.3 is 0 Å². The molecule has 118 valence electrons. The summed E-state index contributed by atoms with van der Waals surface area (Å²) in [6.07, 6.45) is 6.70. The van der Waals surface area contributed by atoms with Gasteiger partial charge in [0.15, 0.2) is 0 Å². The average Bonchev–Trinajstić information content (AvgIpc) is 2.38. The molecule has 0 aromatic heterocycles. The number of nitrogens with zero attached hydrogens (tertiary/aromatic N) is 2. The molecule has 1 saturated carbocycles. The largest absolute Gasteiger partial charge is 0.327 e. The van der Waals surface area contributed by atoms with Gasteiger partial charge in [0, 0.05) is 19.1 Å². The average molecular weight is 281 g/mol. The zero-order valence-electron chi connectivity index (χ0n) is 14.1. The summed E-state index contributed by atoms with van der Waals surface area (Å²) in [7, 11) is 4.54. The highest BCUT2D eigenvalue weighted by Gasteiger charge is 2.36. The predicted molar refractivity (Wildman–Crippen MR) is 86.8 cm³/mol. The van der Waals surface area contributed by atoms with Crippen LogP contribution in [0, 0.1) is 17.3 Å². The number of piperidine rings is 1. The molecule has 1 aliphatic carbocycles. The summed E-state index contributed by atoms with van der Waals surface area (Å²) in [5, 5.41) is 0. The van der Waals surface area contributed by atoms with Gasteiger partial charge in [-0.25, -0.2) is 0 Å². The van der Waals surface area contributed by atoms with E-state index in [9.17, 15) is 0 Å². The number of nitrogens with two attached hydrogens (primary N) is 1. The number of hydrogen-bond acceptors (Lipinski definition) is 3. The minimum Gasteiger partial charge on any atom is -0.327 e. The Hall–Kier alpha value is -0.120. The van der Waals surface area contributed by atoms with Crippen LogP contribution in [0.2, 0.25) is 0 Å². The number of rotatable bonds is 4. The van der Waals surface area contributed by atoms with E-state index in [4.69, 9.17) is 5.73 Å². The standard InChI is InChI=1S/C17H35N3/c1-17(2)9-5-6-15(16(17)18)13-20(4)12-14-7-10-19(3)11-8-14/h14-16H,5-13,18H2,1-4H3. The van der Waals surface area contributed by atoms with Gasteiger partial charge in [-0.15, -0.1) is 0 Å². The highest BCUT2D eigenvalue weighted by atomic mass is 15.1. The van der Waals surface area contributed by atoms with Crippen molar-refractivity contribution in [1.82, 2.24) is 9.80 Å². The molecule has 2 rings (SSSR count). The Morgan fingerprint density at radius 3 is 2.45 bits per heavy atom. The number of hydrogen-bond donors (Lipinski definition) is 1. The quantitative estimate of drug-likeness (QED) is 0.859. The maximum atomic E-state index is 6.52. The molecule has 0 spiro atoms. The molecule has 1 heterocycles. The highest BCUT2D eigenvalue weighted by molar-refractivity contribution is 4.92. The smallest absolute Gasteiger partial charge is 0.0131 e. The van der Waals surface area contributed by atoms with Gasteiger partial charge in [0.2, 0.25) is 0 Å². The van der Waals surface area contributed by atoms with Gasteiger partial charge in [0.05, 0.1) is 0 Å². The van der Waals surface area contributed by atoms with Crippen molar-refractivity contribution in [3.63, 3.8) is 0 Å². The van der Waals surface area contributed by atoms with Crippen LogP contribution in [-0.2, 0) is 0 Å². The third-order valence-electron chi connectivity index (χ3n) is 5.76. The van der Waals surface area contributed by atoms with Crippen molar-refractivity contribution in [3.05, 3.63) is 0 Å². The summed E-state index contributed by atoms with van der Waals surface area (Å²) >= 11 is 0. The summed E-state index contributed by atoms with van der Waals surface area (Å²) in [5.74, 6) is 1.58. The van der Waals surface area contributed by atoms with Crippen LogP contribution in [0.15, 0.2) is 0 Å². The van der Waals surface area contributed by atoms with E-state index in [0.29, 0.717) is 17.4 Å². The van der Waals surface area contributed by atoms with Crippen molar-refractivity contribution in [1.29, 1.82) is 0 Å². The molecule has 20 heavy (non-hydrogen) atoms. The van der Waals surface area contributed by atoms with Crippen LogP contribution < -0.4 is 5.73 Å². The Bertz CT molecular complexity index is 295. The van der Waals surface area contributed by atoms with Gasteiger partial charge in [0.1, 0.15) is 0 Å². The minimum atomic E-state index is 0.331. The van der Waals surface area contributed by atoms with Crippen LogP contribution >= 0.6 is 0 Å². The molecule has 1 saturated heterocycles. The summed E-state index contributed by atoms with van der Waals surface area (Å²) in [6, 6.07) is 0.371. The molecule has 0 aromatic rings. The van der Waals surface area contributed by atoms with Gasteiger partial charge in [-0.3, -0.25) is 0 Å². The molecule has 2 aliphatic rings. The van der Waals surface area contributed by atoms with E-state index in [0.717, 1.165) is 5.92 Å². The second-order valence-electron chi connectivity index (χ2n) is 8.13. The fraction of sp³-hybridized carbons (Fsp3) is 1.00. The Morgan fingerprint density at radius 1 is 1.15 bits per heavy atom. The summed E-state index contributed by atoms with van der Waals surface area (Å²) in [4.78, 5) is 5.01. The summed E-state index contributed by atoms with van der Waals surface area (Å²) in [5.41, 5.74) is 6.85. The fourth-order valence-corrected chi connectivity index (χ4v) is 4.17. The molecule has 0 amide bonds. The van der Waals surface area contributed by atoms with Gasteiger partial charge in [-0.1, -0.05) is 20.3 Å². The monoisotopic (exact) mass is 281 g/mol. The molecule has 2 N–H and O–H groups in total. The van der Waals surface area contributed by atoms with E-state index in [2.05, 4.69) is 37.7 Å². The molecule has 2 atom stereocenters.